The third kappa shape index (κ3) is 7.17. The van der Waals surface area contributed by atoms with E-state index in [1.807, 2.05) is 12.1 Å². The maximum Gasteiger partial charge on any atom is 0.220 e. The first kappa shape index (κ1) is 21.2. The molecule has 0 spiro atoms. The van der Waals surface area contributed by atoms with Crippen LogP contribution in [-0.2, 0) is 11.3 Å². The van der Waals surface area contributed by atoms with E-state index in [-0.39, 0.29) is 11.7 Å². The van der Waals surface area contributed by atoms with Crippen molar-refractivity contribution >= 4 is 11.9 Å². The second-order valence-electron chi connectivity index (χ2n) is 7.15. The normalized spacial score (nSPS) is 15.9. The van der Waals surface area contributed by atoms with Gasteiger partial charge in [0.1, 0.15) is 5.82 Å². The standard InChI is InChI=1S/C20H32FN5O/c1-22-19(27)14-16-8-11-26(12-9-16)20(23-2)24-10-13-25(3)15-17-4-6-18(21)7-5-17/h4-7,16H,8-15H2,1-3H3,(H,22,27)(H,23,24). The van der Waals surface area contributed by atoms with Crippen molar-refractivity contribution in [3.63, 3.8) is 0 Å². The van der Waals surface area contributed by atoms with Gasteiger partial charge in [-0.2, -0.15) is 0 Å². The highest BCUT2D eigenvalue weighted by Gasteiger charge is 2.22. The van der Waals surface area contributed by atoms with Crippen LogP contribution in [0.2, 0.25) is 0 Å². The monoisotopic (exact) mass is 377 g/mol. The van der Waals surface area contributed by atoms with E-state index in [1.54, 1.807) is 14.1 Å². The molecule has 1 aliphatic rings. The summed E-state index contributed by atoms with van der Waals surface area (Å²) in [7, 11) is 5.55. The molecule has 1 saturated heterocycles. The first-order chi connectivity index (χ1) is 13.0. The smallest absolute Gasteiger partial charge is 0.220 e. The molecule has 2 N–H and O–H groups in total. The molecule has 1 fully saturated rings. The molecule has 7 heteroatoms. The molecular formula is C20H32FN5O. The van der Waals surface area contributed by atoms with Crippen molar-refractivity contribution < 1.29 is 9.18 Å². The summed E-state index contributed by atoms with van der Waals surface area (Å²) in [6.45, 7) is 4.29. The Morgan fingerprint density at radius 2 is 1.96 bits per heavy atom. The Morgan fingerprint density at radius 3 is 2.56 bits per heavy atom. The van der Waals surface area contributed by atoms with E-state index in [0.717, 1.165) is 57.1 Å². The van der Waals surface area contributed by atoms with Gasteiger partial charge in [0.2, 0.25) is 5.91 Å². The molecule has 27 heavy (non-hydrogen) atoms. The van der Waals surface area contributed by atoms with E-state index in [4.69, 9.17) is 0 Å². The van der Waals surface area contributed by atoms with Gasteiger partial charge < -0.3 is 20.4 Å². The van der Waals surface area contributed by atoms with E-state index in [2.05, 4.69) is 32.5 Å². The van der Waals surface area contributed by atoms with Crippen LogP contribution in [0.4, 0.5) is 4.39 Å². The number of carbonyl (C=O) groups is 1. The lowest BCUT2D eigenvalue weighted by molar-refractivity contribution is -0.121. The van der Waals surface area contributed by atoms with Gasteiger partial charge in [-0.1, -0.05) is 12.1 Å². The van der Waals surface area contributed by atoms with Crippen molar-refractivity contribution in [2.75, 3.05) is 47.3 Å². The minimum Gasteiger partial charge on any atom is -0.359 e. The number of guanidine groups is 1. The summed E-state index contributed by atoms with van der Waals surface area (Å²) < 4.78 is 13.0. The Morgan fingerprint density at radius 1 is 1.30 bits per heavy atom. The van der Waals surface area contributed by atoms with Gasteiger partial charge in [0.25, 0.3) is 0 Å². The van der Waals surface area contributed by atoms with Gasteiger partial charge >= 0.3 is 0 Å². The molecule has 6 nitrogen and oxygen atoms in total. The number of likely N-dealkylation sites (tertiary alicyclic amines) is 1. The number of nitrogens with zero attached hydrogens (tertiary/aromatic N) is 3. The van der Waals surface area contributed by atoms with Crippen molar-refractivity contribution in [2.45, 2.75) is 25.8 Å². The number of likely N-dealkylation sites (N-methyl/N-ethyl adjacent to an activating group) is 1. The second-order valence-corrected chi connectivity index (χ2v) is 7.15. The fourth-order valence-corrected chi connectivity index (χ4v) is 3.38. The number of piperidine rings is 1. The Bertz CT molecular complexity index is 611. The number of benzene rings is 1. The van der Waals surface area contributed by atoms with Crippen LogP contribution in [0.5, 0.6) is 0 Å². The lowest BCUT2D eigenvalue weighted by Gasteiger charge is -2.34. The number of amides is 1. The van der Waals surface area contributed by atoms with Gasteiger partial charge in [-0.15, -0.1) is 0 Å². The zero-order valence-electron chi connectivity index (χ0n) is 16.7. The average molecular weight is 378 g/mol. The molecule has 1 aliphatic heterocycles. The number of halogens is 1. The Balaban J connectivity index is 1.69. The van der Waals surface area contributed by atoms with E-state index < -0.39 is 0 Å². The van der Waals surface area contributed by atoms with E-state index in [0.29, 0.717) is 12.3 Å². The summed E-state index contributed by atoms with van der Waals surface area (Å²) in [5.74, 6) is 1.30. The molecule has 1 aromatic carbocycles. The largest absolute Gasteiger partial charge is 0.359 e. The first-order valence-electron chi connectivity index (χ1n) is 9.61. The molecule has 1 aromatic rings. The zero-order valence-corrected chi connectivity index (χ0v) is 16.7. The minimum absolute atomic E-state index is 0.125. The minimum atomic E-state index is -0.203. The molecule has 0 unspecified atom stereocenters. The molecule has 0 radical (unpaired) electrons. The van der Waals surface area contributed by atoms with Gasteiger partial charge in [-0.25, -0.2) is 4.39 Å². The van der Waals surface area contributed by atoms with Crippen LogP contribution in [-0.4, -0.2) is 69.0 Å². The van der Waals surface area contributed by atoms with Crippen molar-refractivity contribution in [1.82, 2.24) is 20.4 Å². The lowest BCUT2D eigenvalue weighted by Crippen LogP contribution is -2.47. The van der Waals surface area contributed by atoms with Crippen LogP contribution in [0.15, 0.2) is 29.3 Å². The van der Waals surface area contributed by atoms with Crippen LogP contribution >= 0.6 is 0 Å². The number of hydrogen-bond acceptors (Lipinski definition) is 3. The van der Waals surface area contributed by atoms with Crippen molar-refractivity contribution in [2.24, 2.45) is 10.9 Å². The van der Waals surface area contributed by atoms with Gasteiger partial charge in [0.15, 0.2) is 5.96 Å². The summed E-state index contributed by atoms with van der Waals surface area (Å²) in [4.78, 5) is 20.4. The first-order valence-corrected chi connectivity index (χ1v) is 9.61. The highest BCUT2D eigenvalue weighted by atomic mass is 19.1. The molecular weight excluding hydrogens is 345 g/mol. The van der Waals surface area contributed by atoms with Crippen molar-refractivity contribution in [1.29, 1.82) is 0 Å². The van der Waals surface area contributed by atoms with E-state index in [1.165, 1.54) is 12.1 Å². The number of hydrogen-bond donors (Lipinski definition) is 2. The third-order valence-corrected chi connectivity index (χ3v) is 5.02. The fourth-order valence-electron chi connectivity index (χ4n) is 3.38. The quantitative estimate of drug-likeness (QED) is 0.561. The van der Waals surface area contributed by atoms with Gasteiger partial charge in [-0.3, -0.25) is 9.79 Å². The van der Waals surface area contributed by atoms with Crippen LogP contribution < -0.4 is 10.6 Å². The SMILES string of the molecule is CN=C(NCCN(C)Cc1ccc(F)cc1)N1CCC(CC(=O)NC)CC1. The summed E-state index contributed by atoms with van der Waals surface area (Å²) in [6.07, 6.45) is 2.64. The Kier molecular flexibility index (Phi) is 8.51. The predicted molar refractivity (Wildman–Crippen MR) is 107 cm³/mol. The van der Waals surface area contributed by atoms with Crippen LogP contribution in [0.1, 0.15) is 24.8 Å². The van der Waals surface area contributed by atoms with Gasteiger partial charge in [0.05, 0.1) is 0 Å². The summed E-state index contributed by atoms with van der Waals surface area (Å²) in [5, 5.41) is 6.13. The number of nitrogens with one attached hydrogen (secondary N) is 2. The van der Waals surface area contributed by atoms with Gasteiger partial charge in [-0.05, 0) is 43.5 Å². The summed E-state index contributed by atoms with van der Waals surface area (Å²) in [6, 6.07) is 6.64. The van der Waals surface area contributed by atoms with E-state index in [9.17, 15) is 9.18 Å². The number of rotatable bonds is 7. The molecule has 150 valence electrons. The maximum absolute atomic E-state index is 13.0. The number of aliphatic imine (C=N–C) groups is 1. The van der Waals surface area contributed by atoms with Crippen molar-refractivity contribution in [3.8, 4) is 0 Å². The van der Waals surface area contributed by atoms with Gasteiger partial charge in [0, 0.05) is 53.2 Å². The lowest BCUT2D eigenvalue weighted by atomic mass is 9.93. The molecule has 0 aromatic heterocycles. The molecule has 2 rings (SSSR count). The molecule has 1 amide bonds. The summed E-state index contributed by atoms with van der Waals surface area (Å²) in [5.41, 5.74) is 1.10. The van der Waals surface area contributed by atoms with Crippen LogP contribution in [0.3, 0.4) is 0 Å². The molecule has 0 aliphatic carbocycles. The summed E-state index contributed by atoms with van der Waals surface area (Å²) >= 11 is 0. The Labute approximate surface area is 161 Å². The topological polar surface area (TPSA) is 60.0 Å². The third-order valence-electron chi connectivity index (χ3n) is 5.02. The van der Waals surface area contributed by atoms with E-state index >= 15 is 0 Å². The zero-order chi connectivity index (χ0) is 19.6. The highest BCUT2D eigenvalue weighted by molar-refractivity contribution is 5.80. The number of carbonyl (C=O) groups excluding carboxylic acids is 1. The predicted octanol–water partition coefficient (Wildman–Crippen LogP) is 1.68. The molecule has 0 atom stereocenters. The van der Waals surface area contributed by atoms with Crippen LogP contribution in [0, 0.1) is 11.7 Å². The maximum atomic E-state index is 13.0. The Hall–Kier alpha value is -2.15. The molecule has 0 bridgehead atoms. The average Bonchev–Trinajstić information content (AvgIpc) is 2.68. The van der Waals surface area contributed by atoms with Crippen LogP contribution in [0.25, 0.3) is 0 Å². The molecule has 0 saturated carbocycles. The second kappa shape index (κ2) is 10.9. The van der Waals surface area contributed by atoms with Crippen molar-refractivity contribution in [3.05, 3.63) is 35.6 Å². The fraction of sp³-hybridized carbons (Fsp3) is 0.600. The molecule has 1 heterocycles. The highest BCUT2D eigenvalue weighted by Crippen LogP contribution is 2.20.